The lowest BCUT2D eigenvalue weighted by Gasteiger charge is -2.23. The van der Waals surface area contributed by atoms with Gasteiger partial charge in [0.25, 0.3) is 0 Å². The molecule has 2 nitrogen and oxygen atoms in total. The Balaban J connectivity index is 1.71. The molecule has 0 amide bonds. The molecule has 4 rings (SSSR count). The summed E-state index contributed by atoms with van der Waals surface area (Å²) in [6.07, 6.45) is 0. The van der Waals surface area contributed by atoms with Crippen LogP contribution < -0.4 is 5.32 Å². The number of hydrogen-bond donors (Lipinski definition) is 1. The molecule has 1 atom stereocenters. The van der Waals surface area contributed by atoms with Crippen molar-refractivity contribution in [1.29, 1.82) is 5.26 Å². The van der Waals surface area contributed by atoms with Gasteiger partial charge in [0.2, 0.25) is 0 Å². The zero-order valence-electron chi connectivity index (χ0n) is 14.9. The van der Waals surface area contributed by atoms with E-state index in [-0.39, 0.29) is 6.04 Å². The number of rotatable bonds is 5. The molecule has 2 heteroatoms. The van der Waals surface area contributed by atoms with Crippen molar-refractivity contribution in [1.82, 2.24) is 5.32 Å². The van der Waals surface area contributed by atoms with Crippen molar-refractivity contribution in [3.63, 3.8) is 0 Å². The summed E-state index contributed by atoms with van der Waals surface area (Å²) in [7, 11) is 0. The lowest BCUT2D eigenvalue weighted by atomic mass is 9.96. The van der Waals surface area contributed by atoms with Crippen LogP contribution in [0.1, 0.15) is 28.8 Å². The van der Waals surface area contributed by atoms with Crippen molar-refractivity contribution in [2.75, 3.05) is 0 Å². The van der Waals surface area contributed by atoms with E-state index in [2.05, 4.69) is 59.9 Å². The average Bonchev–Trinajstić information content (AvgIpc) is 2.75. The maximum atomic E-state index is 9.88. The second-order valence-electron chi connectivity index (χ2n) is 6.59. The predicted molar refractivity (Wildman–Crippen MR) is 110 cm³/mol. The van der Waals surface area contributed by atoms with Gasteiger partial charge in [0.05, 0.1) is 12.1 Å². The first-order valence-electron chi connectivity index (χ1n) is 9.09. The van der Waals surface area contributed by atoms with Gasteiger partial charge in [0.15, 0.2) is 0 Å². The molecule has 0 saturated carbocycles. The van der Waals surface area contributed by atoms with Crippen LogP contribution in [0.5, 0.6) is 0 Å². The summed E-state index contributed by atoms with van der Waals surface area (Å²) in [5, 5.41) is 15.8. The van der Waals surface area contributed by atoms with Crippen molar-refractivity contribution in [3.8, 4) is 6.07 Å². The third-order valence-corrected chi connectivity index (χ3v) is 4.84. The van der Waals surface area contributed by atoms with Gasteiger partial charge >= 0.3 is 0 Å². The summed E-state index contributed by atoms with van der Waals surface area (Å²) in [5.41, 5.74) is 3.27. The number of nitrogens with zero attached hydrogens (tertiary/aromatic N) is 1. The van der Waals surface area contributed by atoms with E-state index in [0.717, 1.165) is 22.1 Å². The van der Waals surface area contributed by atoms with E-state index in [1.165, 1.54) is 5.39 Å². The summed E-state index contributed by atoms with van der Waals surface area (Å²) in [4.78, 5) is 0. The molecule has 0 aliphatic rings. The van der Waals surface area contributed by atoms with Crippen LogP contribution in [-0.4, -0.2) is 0 Å². The lowest BCUT2D eigenvalue weighted by molar-refractivity contribution is 0.559. The van der Waals surface area contributed by atoms with Crippen LogP contribution in [0.2, 0.25) is 0 Å². The summed E-state index contributed by atoms with van der Waals surface area (Å²) in [5.74, 6) is 0. The minimum absolute atomic E-state index is 0.0523. The molecule has 0 radical (unpaired) electrons. The first-order valence-corrected chi connectivity index (χ1v) is 9.09. The quantitative estimate of drug-likeness (QED) is 0.496. The Hall–Kier alpha value is -3.41. The van der Waals surface area contributed by atoms with Crippen LogP contribution in [-0.2, 0) is 0 Å². The van der Waals surface area contributed by atoms with E-state index in [1.807, 2.05) is 54.6 Å². The predicted octanol–water partition coefficient (Wildman–Crippen LogP) is 5.78. The fraction of sp³-hybridized carbons (Fsp3) is 0.0800. The summed E-state index contributed by atoms with van der Waals surface area (Å²) in [6.45, 7) is 0. The van der Waals surface area contributed by atoms with E-state index in [9.17, 15) is 5.26 Å². The first kappa shape index (κ1) is 17.0. The normalized spacial score (nSPS) is 12.0. The molecule has 0 spiro atoms. The van der Waals surface area contributed by atoms with Crippen LogP contribution >= 0.6 is 0 Å². The van der Waals surface area contributed by atoms with Crippen LogP contribution in [0, 0.1) is 11.3 Å². The summed E-state index contributed by atoms with van der Waals surface area (Å²) >= 11 is 0. The second-order valence-corrected chi connectivity index (χ2v) is 6.59. The van der Waals surface area contributed by atoms with Gasteiger partial charge in [0.1, 0.15) is 6.04 Å². The third kappa shape index (κ3) is 3.74. The Labute approximate surface area is 159 Å². The fourth-order valence-electron chi connectivity index (χ4n) is 3.44. The zero-order valence-corrected chi connectivity index (χ0v) is 14.9. The van der Waals surface area contributed by atoms with Gasteiger partial charge in [-0.1, -0.05) is 97.1 Å². The standard InChI is InChI=1S/C25H20N2/c26-18-24(23-16-15-19-9-7-8-14-22(19)17-23)27-25(20-10-3-1-4-11-20)21-12-5-2-6-13-21/h1-17,24-25,27H/t24-/m1/s1. The minimum atomic E-state index is -0.403. The largest absolute Gasteiger partial charge is 0.287 e. The molecule has 0 bridgehead atoms. The van der Waals surface area contributed by atoms with Gasteiger partial charge in [-0.3, -0.25) is 5.32 Å². The minimum Gasteiger partial charge on any atom is -0.287 e. The number of benzene rings is 4. The molecule has 27 heavy (non-hydrogen) atoms. The molecule has 130 valence electrons. The molecule has 0 aliphatic heterocycles. The van der Waals surface area contributed by atoms with Crippen LogP contribution in [0.25, 0.3) is 10.8 Å². The lowest BCUT2D eigenvalue weighted by Crippen LogP contribution is -2.26. The molecule has 0 saturated heterocycles. The molecule has 0 aliphatic carbocycles. The van der Waals surface area contributed by atoms with Crippen molar-refractivity contribution < 1.29 is 0 Å². The highest BCUT2D eigenvalue weighted by atomic mass is 15.0. The Morgan fingerprint density at radius 3 is 1.74 bits per heavy atom. The highest BCUT2D eigenvalue weighted by Gasteiger charge is 2.20. The van der Waals surface area contributed by atoms with Crippen molar-refractivity contribution in [2.45, 2.75) is 12.1 Å². The van der Waals surface area contributed by atoms with Crippen molar-refractivity contribution in [3.05, 3.63) is 120 Å². The molecule has 4 aromatic rings. The van der Waals surface area contributed by atoms with Gasteiger partial charge < -0.3 is 0 Å². The molecule has 0 fully saturated rings. The maximum Gasteiger partial charge on any atom is 0.122 e. The van der Waals surface area contributed by atoms with E-state index >= 15 is 0 Å². The van der Waals surface area contributed by atoms with E-state index < -0.39 is 6.04 Å². The average molecular weight is 348 g/mol. The fourth-order valence-corrected chi connectivity index (χ4v) is 3.44. The smallest absolute Gasteiger partial charge is 0.122 e. The van der Waals surface area contributed by atoms with Crippen molar-refractivity contribution in [2.24, 2.45) is 0 Å². The number of hydrogen-bond acceptors (Lipinski definition) is 2. The van der Waals surface area contributed by atoms with E-state index in [4.69, 9.17) is 0 Å². The Bertz CT molecular complexity index is 1030. The Kier molecular flexibility index (Phi) is 4.96. The highest BCUT2D eigenvalue weighted by molar-refractivity contribution is 5.83. The van der Waals surface area contributed by atoms with Gasteiger partial charge in [0, 0.05) is 0 Å². The highest BCUT2D eigenvalue weighted by Crippen LogP contribution is 2.27. The van der Waals surface area contributed by atoms with Gasteiger partial charge in [-0.2, -0.15) is 5.26 Å². The van der Waals surface area contributed by atoms with Crippen LogP contribution in [0.15, 0.2) is 103 Å². The molecular formula is C25H20N2. The zero-order chi connectivity index (χ0) is 18.5. The van der Waals surface area contributed by atoms with Gasteiger partial charge in [-0.25, -0.2) is 0 Å². The Morgan fingerprint density at radius 1 is 0.593 bits per heavy atom. The summed E-state index contributed by atoms with van der Waals surface area (Å²) < 4.78 is 0. The van der Waals surface area contributed by atoms with Crippen LogP contribution in [0.3, 0.4) is 0 Å². The molecule has 0 aromatic heterocycles. The third-order valence-electron chi connectivity index (χ3n) is 4.84. The SMILES string of the molecule is N#C[C@@H](NC(c1ccccc1)c1ccccc1)c1ccc2ccccc2c1. The number of nitriles is 1. The van der Waals surface area contributed by atoms with Gasteiger partial charge in [-0.15, -0.1) is 0 Å². The molecule has 0 heterocycles. The molecular weight excluding hydrogens is 328 g/mol. The second kappa shape index (κ2) is 7.86. The van der Waals surface area contributed by atoms with E-state index in [1.54, 1.807) is 0 Å². The number of nitrogens with one attached hydrogen (secondary N) is 1. The maximum absolute atomic E-state index is 9.88. The monoisotopic (exact) mass is 348 g/mol. The van der Waals surface area contributed by atoms with Crippen LogP contribution in [0.4, 0.5) is 0 Å². The Morgan fingerprint density at radius 2 is 1.15 bits per heavy atom. The molecule has 4 aromatic carbocycles. The molecule has 1 N–H and O–H groups in total. The molecule has 0 unspecified atom stereocenters. The summed E-state index contributed by atoms with van der Waals surface area (Å²) in [6, 6.07) is 37.0. The topological polar surface area (TPSA) is 35.8 Å². The first-order chi connectivity index (χ1) is 13.3. The van der Waals surface area contributed by atoms with E-state index in [0.29, 0.717) is 0 Å². The van der Waals surface area contributed by atoms with Crippen molar-refractivity contribution >= 4 is 10.8 Å². The van der Waals surface area contributed by atoms with Gasteiger partial charge in [-0.05, 0) is 33.5 Å². The number of fused-ring (bicyclic) bond motifs is 1.